The second kappa shape index (κ2) is 5.87. The summed E-state index contributed by atoms with van der Waals surface area (Å²) in [5.74, 6) is -1.09. The number of carbonyl (C=O) groups excluding carboxylic acids is 1. The summed E-state index contributed by atoms with van der Waals surface area (Å²) in [6.07, 6.45) is 3.11. The van der Waals surface area contributed by atoms with Crippen molar-refractivity contribution in [3.05, 3.63) is 47.5 Å². The molecule has 1 aromatic heterocycles. The monoisotopic (exact) mass is 274 g/mol. The van der Waals surface area contributed by atoms with E-state index in [0.29, 0.717) is 11.3 Å². The van der Waals surface area contributed by atoms with E-state index in [2.05, 4.69) is 20.6 Å². The summed E-state index contributed by atoms with van der Waals surface area (Å²) in [6, 6.07) is 4.33. The van der Waals surface area contributed by atoms with Gasteiger partial charge in [-0.2, -0.15) is 0 Å². The highest BCUT2D eigenvalue weighted by Crippen LogP contribution is 2.20. The molecule has 0 atom stereocenters. The number of carboxylic acid groups (broad SMARTS) is 1. The normalized spacial score (nSPS) is 10.1. The molecule has 0 spiro atoms. The van der Waals surface area contributed by atoms with Gasteiger partial charge in [-0.15, -0.1) is 0 Å². The molecular formula is C13H14N4O3. The first kappa shape index (κ1) is 13.6. The average molecular weight is 274 g/mol. The quantitative estimate of drug-likeness (QED) is 0.681. The van der Waals surface area contributed by atoms with Gasteiger partial charge in [0.15, 0.2) is 0 Å². The molecule has 7 heteroatoms. The number of anilines is 1. The first-order valence-electron chi connectivity index (χ1n) is 5.93. The number of nitrogens with zero attached hydrogens (tertiary/aromatic N) is 1. The lowest BCUT2D eigenvalue weighted by Crippen LogP contribution is -2.29. The van der Waals surface area contributed by atoms with Crippen LogP contribution in [0.15, 0.2) is 30.7 Å². The van der Waals surface area contributed by atoms with E-state index in [1.165, 1.54) is 12.4 Å². The van der Waals surface area contributed by atoms with E-state index in [9.17, 15) is 9.59 Å². The van der Waals surface area contributed by atoms with Crippen LogP contribution in [0.5, 0.6) is 0 Å². The Labute approximate surface area is 115 Å². The highest BCUT2D eigenvalue weighted by atomic mass is 16.4. The van der Waals surface area contributed by atoms with Gasteiger partial charge in [0.1, 0.15) is 0 Å². The molecule has 1 heterocycles. The Balaban J connectivity index is 2.06. The minimum absolute atomic E-state index is 0.0571. The van der Waals surface area contributed by atoms with Crippen molar-refractivity contribution < 1.29 is 14.7 Å². The molecule has 2 aromatic rings. The second-order valence-corrected chi connectivity index (χ2v) is 4.19. The number of aromatic amines is 1. The summed E-state index contributed by atoms with van der Waals surface area (Å²) in [5, 5.41) is 14.3. The number of urea groups is 1. The van der Waals surface area contributed by atoms with E-state index in [4.69, 9.17) is 5.11 Å². The van der Waals surface area contributed by atoms with Crippen molar-refractivity contribution in [2.75, 3.05) is 5.32 Å². The lowest BCUT2D eigenvalue weighted by molar-refractivity contribution is 0.0698. The Bertz CT molecular complexity index is 623. The van der Waals surface area contributed by atoms with Gasteiger partial charge in [-0.3, -0.25) is 0 Å². The lowest BCUT2D eigenvalue weighted by atomic mass is 10.1. The van der Waals surface area contributed by atoms with Crippen LogP contribution in [-0.4, -0.2) is 27.1 Å². The number of nitrogens with one attached hydrogen (secondary N) is 3. The van der Waals surface area contributed by atoms with Gasteiger partial charge in [0.2, 0.25) is 0 Å². The Morgan fingerprint density at radius 3 is 2.85 bits per heavy atom. The highest BCUT2D eigenvalue weighted by Gasteiger charge is 2.14. The number of carboxylic acids is 1. The van der Waals surface area contributed by atoms with Gasteiger partial charge in [-0.05, 0) is 18.6 Å². The number of para-hydroxylation sites is 1. The molecule has 7 nitrogen and oxygen atoms in total. The van der Waals surface area contributed by atoms with Crippen LogP contribution in [0, 0.1) is 6.92 Å². The van der Waals surface area contributed by atoms with Crippen LogP contribution < -0.4 is 10.6 Å². The largest absolute Gasteiger partial charge is 0.478 e. The van der Waals surface area contributed by atoms with E-state index < -0.39 is 12.0 Å². The van der Waals surface area contributed by atoms with Crippen molar-refractivity contribution >= 4 is 17.7 Å². The molecular weight excluding hydrogens is 260 g/mol. The fourth-order valence-corrected chi connectivity index (χ4v) is 1.73. The predicted molar refractivity (Wildman–Crippen MR) is 72.6 cm³/mol. The van der Waals surface area contributed by atoms with E-state index in [0.717, 1.165) is 5.69 Å². The maximum Gasteiger partial charge on any atom is 0.337 e. The first-order valence-corrected chi connectivity index (χ1v) is 5.93. The van der Waals surface area contributed by atoms with Crippen LogP contribution in [0.1, 0.15) is 21.6 Å². The number of aryl methyl sites for hydroxylation is 1. The summed E-state index contributed by atoms with van der Waals surface area (Å²) in [6.45, 7) is 2.01. The number of imidazole rings is 1. The van der Waals surface area contributed by atoms with Crippen LogP contribution in [0.4, 0.5) is 10.5 Å². The Morgan fingerprint density at radius 2 is 2.20 bits per heavy atom. The van der Waals surface area contributed by atoms with Crippen molar-refractivity contribution in [1.82, 2.24) is 15.3 Å². The molecule has 0 fully saturated rings. The minimum atomic E-state index is -1.09. The zero-order chi connectivity index (χ0) is 14.5. The van der Waals surface area contributed by atoms with Gasteiger partial charge in [-0.25, -0.2) is 14.6 Å². The van der Waals surface area contributed by atoms with Gasteiger partial charge in [0.05, 0.1) is 29.8 Å². The second-order valence-electron chi connectivity index (χ2n) is 4.19. The van der Waals surface area contributed by atoms with Gasteiger partial charge in [0, 0.05) is 6.20 Å². The third-order valence-electron chi connectivity index (χ3n) is 2.74. The number of aromatic nitrogens is 2. The standard InChI is InChI=1S/C13H14N4O3/c1-8-3-2-4-10(12(18)19)11(8)17-13(20)15-6-9-5-14-7-16-9/h2-5,7H,6H2,1H3,(H,14,16)(H,18,19)(H2,15,17,20). The maximum atomic E-state index is 11.8. The van der Waals surface area contributed by atoms with Crippen molar-refractivity contribution in [3.63, 3.8) is 0 Å². The smallest absolute Gasteiger partial charge is 0.337 e. The molecule has 0 aliphatic heterocycles. The molecule has 0 unspecified atom stereocenters. The van der Waals surface area contributed by atoms with Gasteiger partial charge in [0.25, 0.3) is 0 Å². The molecule has 2 rings (SSSR count). The van der Waals surface area contributed by atoms with E-state index in [-0.39, 0.29) is 12.1 Å². The third kappa shape index (κ3) is 3.14. The first-order chi connectivity index (χ1) is 9.58. The summed E-state index contributed by atoms with van der Waals surface area (Å²) in [7, 11) is 0. The van der Waals surface area contributed by atoms with Crippen molar-refractivity contribution in [2.45, 2.75) is 13.5 Å². The van der Waals surface area contributed by atoms with Crippen LogP contribution >= 0.6 is 0 Å². The maximum absolute atomic E-state index is 11.8. The lowest BCUT2D eigenvalue weighted by Gasteiger charge is -2.12. The molecule has 0 bridgehead atoms. The summed E-state index contributed by atoms with van der Waals surface area (Å²) >= 11 is 0. The number of rotatable bonds is 4. The molecule has 20 heavy (non-hydrogen) atoms. The number of hydrogen-bond acceptors (Lipinski definition) is 3. The van der Waals surface area contributed by atoms with E-state index >= 15 is 0 Å². The summed E-state index contributed by atoms with van der Waals surface area (Å²) in [5.41, 5.74) is 1.79. The van der Waals surface area contributed by atoms with E-state index in [1.807, 2.05) is 0 Å². The Morgan fingerprint density at radius 1 is 1.40 bits per heavy atom. The van der Waals surface area contributed by atoms with Crippen molar-refractivity contribution in [1.29, 1.82) is 0 Å². The molecule has 0 radical (unpaired) electrons. The molecule has 4 N–H and O–H groups in total. The topological polar surface area (TPSA) is 107 Å². The zero-order valence-electron chi connectivity index (χ0n) is 10.8. The summed E-state index contributed by atoms with van der Waals surface area (Å²) < 4.78 is 0. The number of H-pyrrole nitrogens is 1. The SMILES string of the molecule is Cc1cccc(C(=O)O)c1NC(=O)NCc1cnc[nH]1. The van der Waals surface area contributed by atoms with Crippen LogP contribution in [0.25, 0.3) is 0 Å². The molecule has 0 aliphatic rings. The molecule has 104 valence electrons. The summed E-state index contributed by atoms with van der Waals surface area (Å²) in [4.78, 5) is 29.6. The van der Waals surface area contributed by atoms with Crippen molar-refractivity contribution in [3.8, 4) is 0 Å². The predicted octanol–water partition coefficient (Wildman–Crippen LogP) is 1.74. The molecule has 0 saturated heterocycles. The molecule has 0 aliphatic carbocycles. The number of benzene rings is 1. The molecule has 0 saturated carbocycles. The number of carbonyl (C=O) groups is 2. The minimum Gasteiger partial charge on any atom is -0.478 e. The number of aromatic carboxylic acids is 1. The fourth-order valence-electron chi connectivity index (χ4n) is 1.73. The molecule has 1 aromatic carbocycles. The Hall–Kier alpha value is -2.83. The van der Waals surface area contributed by atoms with Gasteiger partial charge < -0.3 is 20.7 Å². The highest BCUT2D eigenvalue weighted by molar-refractivity contribution is 6.00. The fraction of sp³-hybridized carbons (Fsp3) is 0.154. The third-order valence-corrected chi connectivity index (χ3v) is 2.74. The zero-order valence-corrected chi connectivity index (χ0v) is 10.8. The van der Waals surface area contributed by atoms with Gasteiger partial charge in [-0.1, -0.05) is 12.1 Å². The van der Waals surface area contributed by atoms with Crippen molar-refractivity contribution in [2.24, 2.45) is 0 Å². The Kier molecular flexibility index (Phi) is 3.99. The number of hydrogen-bond donors (Lipinski definition) is 4. The van der Waals surface area contributed by atoms with E-state index in [1.54, 1.807) is 25.3 Å². The van der Waals surface area contributed by atoms with Crippen LogP contribution in [0.2, 0.25) is 0 Å². The van der Waals surface area contributed by atoms with Crippen LogP contribution in [-0.2, 0) is 6.54 Å². The average Bonchev–Trinajstić information content (AvgIpc) is 2.91. The number of amides is 2. The van der Waals surface area contributed by atoms with Gasteiger partial charge >= 0.3 is 12.0 Å². The molecule has 2 amide bonds. The van der Waals surface area contributed by atoms with Crippen LogP contribution in [0.3, 0.4) is 0 Å².